The van der Waals surface area contributed by atoms with Crippen molar-refractivity contribution in [2.24, 2.45) is 0 Å². The molecule has 0 fully saturated rings. The number of hydrogen-bond donors (Lipinski definition) is 0. The molecule has 0 radical (unpaired) electrons. The normalized spacial score (nSPS) is 17.9. The van der Waals surface area contributed by atoms with Gasteiger partial charge in [0.05, 0.1) is 7.11 Å². The molecule has 1 aliphatic rings. The number of methoxy groups -OCH3 is 1. The van der Waals surface area contributed by atoms with E-state index in [0.29, 0.717) is 0 Å². The average molecular weight is 356 g/mol. The van der Waals surface area contributed by atoms with Gasteiger partial charge in [-0.3, -0.25) is 0 Å². The highest BCUT2D eigenvalue weighted by molar-refractivity contribution is 7.06. The lowest BCUT2D eigenvalue weighted by atomic mass is 10.1. The Morgan fingerprint density at radius 1 is 0.917 bits per heavy atom. The first-order valence-electron chi connectivity index (χ1n) is 8.11. The highest BCUT2D eigenvalue weighted by atomic mass is 28.4. The highest BCUT2D eigenvalue weighted by Gasteiger charge is 2.46. The van der Waals surface area contributed by atoms with Crippen molar-refractivity contribution in [3.63, 3.8) is 0 Å². The minimum absolute atomic E-state index is 0.835. The van der Waals surface area contributed by atoms with Crippen LogP contribution in [0.5, 0.6) is 5.75 Å². The molecule has 2 aromatic carbocycles. The molecule has 0 spiro atoms. The molecule has 3 aromatic rings. The summed E-state index contributed by atoms with van der Waals surface area (Å²) in [6.45, 7) is 9.08. The molecule has 0 aliphatic carbocycles. The van der Waals surface area contributed by atoms with Crippen LogP contribution >= 0.6 is 0 Å². The lowest BCUT2D eigenvalue weighted by molar-refractivity contribution is 0.415. The molecule has 2 heterocycles. The largest absolute Gasteiger partial charge is 0.497 e. The van der Waals surface area contributed by atoms with Crippen molar-refractivity contribution in [3.05, 3.63) is 36.4 Å². The molecule has 4 nitrogen and oxygen atoms in total. The summed E-state index contributed by atoms with van der Waals surface area (Å²) in [7, 11) is -2.02. The van der Waals surface area contributed by atoms with Gasteiger partial charge in [0.1, 0.15) is 11.4 Å². The van der Waals surface area contributed by atoms with Crippen LogP contribution in [0.1, 0.15) is 0 Å². The van der Waals surface area contributed by atoms with Gasteiger partial charge in [0.25, 0.3) is 0 Å². The van der Waals surface area contributed by atoms with Crippen LogP contribution in [0.25, 0.3) is 22.2 Å². The lowest BCUT2D eigenvalue weighted by Crippen LogP contribution is -2.43. The van der Waals surface area contributed by atoms with Gasteiger partial charge in [-0.1, -0.05) is 5.16 Å². The maximum atomic E-state index is 6.52. The molecule has 0 atom stereocenters. The van der Waals surface area contributed by atoms with Gasteiger partial charge in [-0.2, -0.15) is 0 Å². The molecule has 0 amide bonds. The Morgan fingerprint density at radius 2 is 1.54 bits per heavy atom. The fourth-order valence-corrected chi connectivity index (χ4v) is 13.9. The predicted molar refractivity (Wildman–Crippen MR) is 101 cm³/mol. The SMILES string of the molecule is COc1ccc(-c2noc3cc4c(cc23)[Si](C)(C)O[Si]4(C)C)cc1. The number of rotatable bonds is 2. The molecule has 24 heavy (non-hydrogen) atoms. The van der Waals surface area contributed by atoms with E-state index in [1.807, 2.05) is 24.3 Å². The van der Waals surface area contributed by atoms with Crippen LogP contribution in [0.15, 0.2) is 40.9 Å². The number of aromatic nitrogens is 1. The topological polar surface area (TPSA) is 44.5 Å². The van der Waals surface area contributed by atoms with Crippen LogP contribution in [-0.2, 0) is 4.12 Å². The first-order chi connectivity index (χ1) is 11.3. The Hall–Kier alpha value is -1.90. The number of ether oxygens (including phenoxy) is 1. The molecule has 4 rings (SSSR count). The highest BCUT2D eigenvalue weighted by Crippen LogP contribution is 2.31. The zero-order valence-corrected chi connectivity index (χ0v) is 16.6. The maximum Gasteiger partial charge on any atom is 0.206 e. The molecule has 1 aromatic heterocycles. The van der Waals surface area contributed by atoms with E-state index in [4.69, 9.17) is 13.4 Å². The van der Waals surface area contributed by atoms with Gasteiger partial charge >= 0.3 is 0 Å². The molecule has 0 saturated heterocycles. The Balaban J connectivity index is 1.91. The van der Waals surface area contributed by atoms with E-state index in [2.05, 4.69) is 43.5 Å². The van der Waals surface area contributed by atoms with Crippen LogP contribution in [0.4, 0.5) is 0 Å². The van der Waals surface area contributed by atoms with Gasteiger partial charge in [-0.05, 0) is 73.0 Å². The van der Waals surface area contributed by atoms with Gasteiger partial charge in [0.2, 0.25) is 16.6 Å². The van der Waals surface area contributed by atoms with E-state index in [1.54, 1.807) is 7.11 Å². The van der Waals surface area contributed by atoms with Crippen LogP contribution < -0.4 is 15.1 Å². The molecule has 0 saturated carbocycles. The van der Waals surface area contributed by atoms with E-state index in [-0.39, 0.29) is 0 Å². The predicted octanol–water partition coefficient (Wildman–Crippen LogP) is 3.36. The van der Waals surface area contributed by atoms with Crippen LogP contribution in [0.3, 0.4) is 0 Å². The van der Waals surface area contributed by atoms with Crippen LogP contribution in [0, 0.1) is 0 Å². The fraction of sp³-hybridized carbons (Fsp3) is 0.278. The second-order valence-electron chi connectivity index (χ2n) is 7.28. The molecule has 124 valence electrons. The minimum atomic E-state index is -1.85. The van der Waals surface area contributed by atoms with Gasteiger partial charge in [-0.25, -0.2) is 0 Å². The first kappa shape index (κ1) is 15.6. The first-order valence-corrected chi connectivity index (χ1v) is 13.9. The number of benzene rings is 2. The summed E-state index contributed by atoms with van der Waals surface area (Å²) < 4.78 is 17.4. The summed E-state index contributed by atoms with van der Waals surface area (Å²) in [4.78, 5) is 0. The Kier molecular flexibility index (Phi) is 3.29. The fourth-order valence-electron chi connectivity index (χ4n) is 3.69. The van der Waals surface area contributed by atoms with Crippen molar-refractivity contribution >= 4 is 38.0 Å². The lowest BCUT2D eigenvalue weighted by Gasteiger charge is -2.22. The summed E-state index contributed by atoms with van der Waals surface area (Å²) in [6.07, 6.45) is 0. The number of fused-ring (bicyclic) bond motifs is 2. The molecule has 6 heteroatoms. The summed E-state index contributed by atoms with van der Waals surface area (Å²) in [5.74, 6) is 0.835. The quantitative estimate of drug-likeness (QED) is 0.661. The third kappa shape index (κ3) is 2.25. The van der Waals surface area contributed by atoms with Crippen molar-refractivity contribution < 1.29 is 13.4 Å². The third-order valence-electron chi connectivity index (χ3n) is 4.78. The van der Waals surface area contributed by atoms with Crippen molar-refractivity contribution in [1.82, 2.24) is 5.16 Å². The smallest absolute Gasteiger partial charge is 0.206 e. The van der Waals surface area contributed by atoms with Crippen molar-refractivity contribution in [3.8, 4) is 17.0 Å². The zero-order valence-electron chi connectivity index (χ0n) is 14.6. The van der Waals surface area contributed by atoms with Crippen LogP contribution in [-0.4, -0.2) is 28.9 Å². The molecular formula is C18H21NO3Si2. The monoisotopic (exact) mass is 355 g/mol. The Labute approximate surface area is 143 Å². The summed E-state index contributed by atoms with van der Waals surface area (Å²) in [5, 5.41) is 8.15. The van der Waals surface area contributed by atoms with Gasteiger partial charge < -0.3 is 13.4 Å². The molecule has 1 aliphatic heterocycles. The third-order valence-corrected chi connectivity index (χ3v) is 12.5. The van der Waals surface area contributed by atoms with E-state index < -0.39 is 16.6 Å². The van der Waals surface area contributed by atoms with Gasteiger partial charge in [0.15, 0.2) is 5.58 Å². The van der Waals surface area contributed by atoms with Crippen molar-refractivity contribution in [2.45, 2.75) is 26.2 Å². The molecule has 0 N–H and O–H groups in total. The number of hydrogen-bond acceptors (Lipinski definition) is 4. The second kappa shape index (κ2) is 5.05. The van der Waals surface area contributed by atoms with Gasteiger partial charge in [-0.15, -0.1) is 0 Å². The Morgan fingerprint density at radius 3 is 2.17 bits per heavy atom. The average Bonchev–Trinajstić information content (AvgIpc) is 3.03. The van der Waals surface area contributed by atoms with E-state index >= 15 is 0 Å². The van der Waals surface area contributed by atoms with Crippen molar-refractivity contribution in [1.29, 1.82) is 0 Å². The van der Waals surface area contributed by atoms with Crippen molar-refractivity contribution in [2.75, 3.05) is 7.11 Å². The van der Waals surface area contributed by atoms with E-state index in [0.717, 1.165) is 28.0 Å². The van der Waals surface area contributed by atoms with E-state index in [1.165, 1.54) is 10.4 Å². The standard InChI is InChI=1S/C18H21NO3Si2/c1-20-13-8-6-12(7-9-13)18-14-10-16-17(11-15(14)21-19-18)24(4,5)22-23(16,2)3/h6-11H,1-5H3. The van der Waals surface area contributed by atoms with Crippen LogP contribution in [0.2, 0.25) is 26.2 Å². The zero-order chi connectivity index (χ0) is 17.1. The Bertz CT molecular complexity index is 929. The molecule has 0 unspecified atom stereocenters. The second-order valence-corrected chi connectivity index (χ2v) is 15.2. The summed E-state index contributed by atoms with van der Waals surface area (Å²) in [5.41, 5.74) is 2.76. The minimum Gasteiger partial charge on any atom is -0.497 e. The summed E-state index contributed by atoms with van der Waals surface area (Å²) >= 11 is 0. The van der Waals surface area contributed by atoms with E-state index in [9.17, 15) is 0 Å². The molecule has 0 bridgehead atoms. The molecular weight excluding hydrogens is 334 g/mol. The summed E-state index contributed by atoms with van der Waals surface area (Å²) in [6, 6.07) is 12.3. The maximum absolute atomic E-state index is 6.52. The van der Waals surface area contributed by atoms with Gasteiger partial charge in [0, 0.05) is 10.9 Å². The number of nitrogens with zero attached hydrogens (tertiary/aromatic N) is 1.